The Labute approximate surface area is 161 Å². The van der Waals surface area contributed by atoms with E-state index in [9.17, 15) is 0 Å². The first-order valence-electron chi connectivity index (χ1n) is 7.31. The molecule has 0 amide bonds. The Morgan fingerprint density at radius 2 is 0.955 bits per heavy atom. The number of nitrogens with two attached hydrogens (primary N) is 2. The molecule has 2 heterocycles. The number of hydrogen-bond acceptors (Lipinski definition) is 4. The molecule has 0 aromatic heterocycles. The van der Waals surface area contributed by atoms with Gasteiger partial charge in [-0.25, -0.2) is 0 Å². The van der Waals surface area contributed by atoms with Gasteiger partial charge in [0.15, 0.2) is 0 Å². The predicted octanol–water partition coefficient (Wildman–Crippen LogP) is 2.54. The molecule has 0 aromatic rings. The normalized spacial score (nSPS) is 31.9. The van der Waals surface area contributed by atoms with Crippen molar-refractivity contribution >= 4 is 49.6 Å². The molecule has 2 rings (SSSR count). The molecule has 0 bridgehead atoms. The Hall–Kier alpha value is 1.00. The lowest BCUT2D eigenvalue weighted by molar-refractivity contribution is 0.184. The minimum Gasteiger partial charge on any atom is -0.328 e. The maximum Gasteiger partial charge on any atom is 0.00786 e. The van der Waals surface area contributed by atoms with Gasteiger partial charge >= 0.3 is 0 Å². The first kappa shape index (κ1) is 30.8. The quantitative estimate of drug-likeness (QED) is 0.654. The van der Waals surface area contributed by atoms with Gasteiger partial charge in [-0.05, 0) is 66.7 Å². The summed E-state index contributed by atoms with van der Waals surface area (Å²) in [5, 5.41) is 0. The summed E-state index contributed by atoms with van der Waals surface area (Å²) in [4.78, 5) is 4.73. The molecule has 0 saturated carbocycles. The molecule has 2 aliphatic rings. The first-order valence-corrected chi connectivity index (χ1v) is 7.31. The van der Waals surface area contributed by atoms with Crippen molar-refractivity contribution in [2.45, 2.75) is 63.7 Å². The van der Waals surface area contributed by atoms with Gasteiger partial charge in [-0.2, -0.15) is 0 Å². The van der Waals surface area contributed by atoms with E-state index in [1.165, 1.54) is 25.9 Å². The number of nitrogens with zero attached hydrogens (tertiary/aromatic N) is 2. The van der Waals surface area contributed by atoms with Gasteiger partial charge in [0.05, 0.1) is 0 Å². The maximum atomic E-state index is 5.76. The molecule has 0 unspecified atom stereocenters. The van der Waals surface area contributed by atoms with Crippen LogP contribution in [-0.4, -0.2) is 61.2 Å². The molecule has 22 heavy (non-hydrogen) atoms. The van der Waals surface area contributed by atoms with E-state index in [0.717, 1.165) is 12.8 Å². The summed E-state index contributed by atoms with van der Waals surface area (Å²) in [6, 6.07) is 2.29. The standard InChI is InChI=1S/2C7H16N2.4ClH/c2*1-6-5-7(8)3-4-9(6)2;;;;/h2*6-7H,3-5,8H2,1-2H3;4*1H/t2*6-,7+;;;;/m10..../s1. The van der Waals surface area contributed by atoms with Crippen molar-refractivity contribution in [2.75, 3.05) is 27.2 Å². The minimum absolute atomic E-state index is 0. The fourth-order valence-electron chi connectivity index (χ4n) is 2.65. The van der Waals surface area contributed by atoms with Gasteiger partial charge in [0, 0.05) is 24.2 Å². The van der Waals surface area contributed by atoms with Crippen molar-refractivity contribution in [1.82, 2.24) is 9.80 Å². The summed E-state index contributed by atoms with van der Waals surface area (Å²) in [7, 11) is 4.33. The average molecular weight is 402 g/mol. The summed E-state index contributed by atoms with van der Waals surface area (Å²) >= 11 is 0. The molecule has 0 aromatic carbocycles. The van der Waals surface area contributed by atoms with Crippen LogP contribution in [0.2, 0.25) is 0 Å². The lowest BCUT2D eigenvalue weighted by Crippen LogP contribution is -2.43. The zero-order valence-corrected chi connectivity index (χ0v) is 17.5. The van der Waals surface area contributed by atoms with Gasteiger partial charge in [0.1, 0.15) is 0 Å². The molecule has 0 aliphatic carbocycles. The van der Waals surface area contributed by atoms with E-state index in [4.69, 9.17) is 11.5 Å². The number of hydrogen-bond donors (Lipinski definition) is 2. The van der Waals surface area contributed by atoms with Gasteiger partial charge in [-0.3, -0.25) is 0 Å². The van der Waals surface area contributed by atoms with Crippen LogP contribution < -0.4 is 11.5 Å². The van der Waals surface area contributed by atoms with Crippen LogP contribution in [0.4, 0.5) is 0 Å². The van der Waals surface area contributed by atoms with Gasteiger partial charge in [0.25, 0.3) is 0 Å². The Morgan fingerprint density at radius 3 is 1.14 bits per heavy atom. The molecule has 2 aliphatic heterocycles. The van der Waals surface area contributed by atoms with Crippen LogP contribution in [0.1, 0.15) is 39.5 Å². The summed E-state index contributed by atoms with van der Waals surface area (Å²) in [5.41, 5.74) is 11.5. The molecule has 2 saturated heterocycles. The van der Waals surface area contributed by atoms with Crippen LogP contribution in [0.5, 0.6) is 0 Å². The number of rotatable bonds is 0. The third-order valence-electron chi connectivity index (χ3n) is 4.50. The number of halogens is 4. The molecule has 4 nitrogen and oxygen atoms in total. The van der Waals surface area contributed by atoms with Crippen LogP contribution in [-0.2, 0) is 0 Å². The van der Waals surface area contributed by atoms with E-state index in [1.807, 2.05) is 0 Å². The van der Waals surface area contributed by atoms with Crippen LogP contribution in [0.25, 0.3) is 0 Å². The highest BCUT2D eigenvalue weighted by molar-refractivity contribution is 5.86. The first-order chi connectivity index (χ1) is 8.40. The molecule has 140 valence electrons. The molecular weight excluding hydrogens is 366 g/mol. The molecule has 0 spiro atoms. The fourth-order valence-corrected chi connectivity index (χ4v) is 2.65. The van der Waals surface area contributed by atoms with Gasteiger partial charge in [-0.1, -0.05) is 0 Å². The molecular formula is C14H36Cl4N4. The highest BCUT2D eigenvalue weighted by Gasteiger charge is 2.19. The molecule has 4 atom stereocenters. The SMILES string of the molecule is C[C@@H]1C[C@@H](N)CCN1C.C[C@H]1C[C@H](N)CCN1C.Cl.Cl.Cl.Cl. The van der Waals surface area contributed by atoms with E-state index in [1.54, 1.807) is 0 Å². The van der Waals surface area contributed by atoms with E-state index in [0.29, 0.717) is 24.2 Å². The Morgan fingerprint density at radius 1 is 0.682 bits per heavy atom. The van der Waals surface area contributed by atoms with Crippen LogP contribution in [0.15, 0.2) is 0 Å². The Bertz CT molecular complexity index is 225. The lowest BCUT2D eigenvalue weighted by Gasteiger charge is -2.33. The van der Waals surface area contributed by atoms with Crippen molar-refractivity contribution < 1.29 is 0 Å². The summed E-state index contributed by atoms with van der Waals surface area (Å²) in [6.07, 6.45) is 4.66. The van der Waals surface area contributed by atoms with Crippen molar-refractivity contribution in [2.24, 2.45) is 11.5 Å². The largest absolute Gasteiger partial charge is 0.328 e. The summed E-state index contributed by atoms with van der Waals surface area (Å²) in [5.74, 6) is 0. The van der Waals surface area contributed by atoms with Crippen molar-refractivity contribution in [3.05, 3.63) is 0 Å². The zero-order valence-electron chi connectivity index (χ0n) is 14.2. The average Bonchev–Trinajstić information content (AvgIpc) is 2.30. The van der Waals surface area contributed by atoms with Crippen LogP contribution in [0.3, 0.4) is 0 Å². The van der Waals surface area contributed by atoms with Crippen LogP contribution >= 0.6 is 49.6 Å². The third-order valence-corrected chi connectivity index (χ3v) is 4.50. The van der Waals surface area contributed by atoms with Gasteiger partial charge < -0.3 is 21.3 Å². The highest BCUT2D eigenvalue weighted by Crippen LogP contribution is 2.13. The third kappa shape index (κ3) is 11.5. The zero-order chi connectivity index (χ0) is 13.7. The minimum atomic E-state index is 0. The monoisotopic (exact) mass is 400 g/mol. The molecule has 2 fully saturated rings. The van der Waals surface area contributed by atoms with Gasteiger partial charge in [-0.15, -0.1) is 49.6 Å². The fraction of sp³-hybridized carbons (Fsp3) is 1.00. The maximum absolute atomic E-state index is 5.76. The van der Waals surface area contributed by atoms with E-state index < -0.39 is 0 Å². The van der Waals surface area contributed by atoms with E-state index >= 15 is 0 Å². The Kier molecular flexibility index (Phi) is 21.8. The predicted molar refractivity (Wildman–Crippen MR) is 108 cm³/mol. The van der Waals surface area contributed by atoms with E-state index in [2.05, 4.69) is 37.7 Å². The lowest BCUT2D eigenvalue weighted by atomic mass is 10.0. The van der Waals surface area contributed by atoms with Crippen LogP contribution in [0, 0.1) is 0 Å². The van der Waals surface area contributed by atoms with Crippen molar-refractivity contribution in [3.8, 4) is 0 Å². The van der Waals surface area contributed by atoms with Crippen molar-refractivity contribution in [1.29, 1.82) is 0 Å². The Balaban J connectivity index is -0.000000125. The smallest absolute Gasteiger partial charge is 0.00786 e. The second-order valence-corrected chi connectivity index (χ2v) is 6.23. The van der Waals surface area contributed by atoms with Gasteiger partial charge in [0.2, 0.25) is 0 Å². The highest BCUT2D eigenvalue weighted by atomic mass is 35.5. The second-order valence-electron chi connectivity index (χ2n) is 6.23. The molecule has 0 radical (unpaired) electrons. The summed E-state index contributed by atoms with van der Waals surface area (Å²) < 4.78 is 0. The molecule has 8 heteroatoms. The summed E-state index contributed by atoms with van der Waals surface area (Å²) in [6.45, 7) is 6.81. The molecule has 4 N–H and O–H groups in total. The number of piperidine rings is 2. The van der Waals surface area contributed by atoms with E-state index in [-0.39, 0.29) is 49.6 Å². The number of likely N-dealkylation sites (tertiary alicyclic amines) is 2. The van der Waals surface area contributed by atoms with Crippen molar-refractivity contribution in [3.63, 3.8) is 0 Å². The topological polar surface area (TPSA) is 58.5 Å². The second kappa shape index (κ2) is 15.5.